The molecule has 0 bridgehead atoms. The molecule has 3 heteroatoms. The molecule has 0 aliphatic carbocycles. The van der Waals surface area contributed by atoms with E-state index in [2.05, 4.69) is 39.8 Å². The number of quaternary nitrogens is 1. The second-order valence-corrected chi connectivity index (χ2v) is 6.75. The summed E-state index contributed by atoms with van der Waals surface area (Å²) in [4.78, 5) is 1.53. The van der Waals surface area contributed by atoms with Crippen molar-refractivity contribution in [2.24, 2.45) is 0 Å². The summed E-state index contributed by atoms with van der Waals surface area (Å²) < 4.78 is 5.80. The Morgan fingerprint density at radius 1 is 1.24 bits per heavy atom. The predicted molar refractivity (Wildman–Crippen MR) is 86.0 cm³/mol. The SMILES string of the molecule is Cc1ccc(OC[C@@H](O)C[NH+]2[C@@H](C)CCC[C@@H]2C)c(C)c1. The minimum atomic E-state index is -0.399. The molecule has 1 aromatic rings. The molecule has 0 spiro atoms. The zero-order valence-electron chi connectivity index (χ0n) is 13.9. The fraction of sp³-hybridized carbons (Fsp3) is 0.667. The molecule has 0 aromatic heterocycles. The van der Waals surface area contributed by atoms with E-state index in [1.165, 1.54) is 29.7 Å². The van der Waals surface area contributed by atoms with Crippen molar-refractivity contribution in [2.45, 2.75) is 65.1 Å². The Kier molecular flexibility index (Phi) is 5.65. The molecule has 1 aliphatic rings. The summed E-state index contributed by atoms with van der Waals surface area (Å²) in [5.41, 5.74) is 2.37. The third-order valence-corrected chi connectivity index (χ3v) is 4.77. The maximum Gasteiger partial charge on any atom is 0.137 e. The first kappa shape index (κ1) is 16.3. The number of aliphatic hydroxyl groups excluding tert-OH is 1. The lowest BCUT2D eigenvalue weighted by atomic mass is 9.97. The molecule has 3 atom stereocenters. The van der Waals surface area contributed by atoms with Gasteiger partial charge in [-0.1, -0.05) is 17.7 Å². The number of nitrogens with one attached hydrogen (secondary N) is 1. The van der Waals surface area contributed by atoms with E-state index in [0.29, 0.717) is 18.7 Å². The summed E-state index contributed by atoms with van der Waals surface area (Å²) in [6.45, 7) is 9.88. The van der Waals surface area contributed by atoms with Crippen molar-refractivity contribution >= 4 is 0 Å². The van der Waals surface area contributed by atoms with Crippen LogP contribution >= 0.6 is 0 Å². The third-order valence-electron chi connectivity index (χ3n) is 4.77. The zero-order valence-corrected chi connectivity index (χ0v) is 13.9. The van der Waals surface area contributed by atoms with E-state index in [1.54, 1.807) is 0 Å². The van der Waals surface area contributed by atoms with Gasteiger partial charge in [0.1, 0.15) is 25.0 Å². The van der Waals surface area contributed by atoms with Crippen LogP contribution in [0.25, 0.3) is 0 Å². The van der Waals surface area contributed by atoms with Gasteiger partial charge in [-0.05, 0) is 58.6 Å². The normalized spacial score (nSPS) is 24.8. The quantitative estimate of drug-likeness (QED) is 0.869. The van der Waals surface area contributed by atoms with Crippen LogP contribution in [0.1, 0.15) is 44.2 Å². The van der Waals surface area contributed by atoms with Gasteiger partial charge in [0.25, 0.3) is 0 Å². The van der Waals surface area contributed by atoms with Crippen LogP contribution in [0.15, 0.2) is 18.2 Å². The molecule has 2 rings (SSSR count). The van der Waals surface area contributed by atoms with Crippen molar-refractivity contribution in [3.63, 3.8) is 0 Å². The van der Waals surface area contributed by atoms with Gasteiger partial charge in [0.2, 0.25) is 0 Å². The number of benzene rings is 1. The number of aryl methyl sites for hydroxylation is 2. The fourth-order valence-corrected chi connectivity index (χ4v) is 3.47. The highest BCUT2D eigenvalue weighted by Crippen LogP contribution is 2.18. The monoisotopic (exact) mass is 292 g/mol. The van der Waals surface area contributed by atoms with Crippen LogP contribution in [0.4, 0.5) is 0 Å². The molecule has 1 aromatic carbocycles. The number of rotatable bonds is 5. The van der Waals surface area contributed by atoms with Gasteiger partial charge in [0.15, 0.2) is 0 Å². The van der Waals surface area contributed by atoms with Crippen LogP contribution in [-0.4, -0.2) is 36.4 Å². The Hall–Kier alpha value is -1.06. The van der Waals surface area contributed by atoms with E-state index in [-0.39, 0.29) is 0 Å². The van der Waals surface area contributed by atoms with Crippen LogP contribution < -0.4 is 9.64 Å². The predicted octanol–water partition coefficient (Wildman–Crippen LogP) is 1.89. The summed E-state index contributed by atoms with van der Waals surface area (Å²) in [6, 6.07) is 7.45. The highest BCUT2D eigenvalue weighted by Gasteiger charge is 2.30. The van der Waals surface area contributed by atoms with Gasteiger partial charge in [-0.25, -0.2) is 0 Å². The Bertz CT molecular complexity index is 451. The fourth-order valence-electron chi connectivity index (χ4n) is 3.47. The molecule has 0 radical (unpaired) electrons. The molecule has 21 heavy (non-hydrogen) atoms. The average Bonchev–Trinajstić information content (AvgIpc) is 2.42. The van der Waals surface area contributed by atoms with Gasteiger partial charge in [0, 0.05) is 0 Å². The lowest BCUT2D eigenvalue weighted by molar-refractivity contribution is -0.954. The molecule has 1 heterocycles. The molecule has 0 unspecified atom stereocenters. The van der Waals surface area contributed by atoms with Gasteiger partial charge >= 0.3 is 0 Å². The molecule has 1 saturated heterocycles. The Morgan fingerprint density at radius 2 is 1.90 bits per heavy atom. The zero-order chi connectivity index (χ0) is 15.4. The highest BCUT2D eigenvalue weighted by atomic mass is 16.5. The molecule has 1 fully saturated rings. The van der Waals surface area contributed by atoms with Gasteiger partial charge in [0.05, 0.1) is 12.1 Å². The second kappa shape index (κ2) is 7.28. The van der Waals surface area contributed by atoms with Crippen LogP contribution in [0, 0.1) is 13.8 Å². The first-order valence-corrected chi connectivity index (χ1v) is 8.21. The van der Waals surface area contributed by atoms with Crippen LogP contribution in [0.2, 0.25) is 0 Å². The number of aliphatic hydroxyl groups is 1. The van der Waals surface area contributed by atoms with E-state index < -0.39 is 6.10 Å². The van der Waals surface area contributed by atoms with Crippen LogP contribution in [0.3, 0.4) is 0 Å². The van der Waals surface area contributed by atoms with Gasteiger partial charge < -0.3 is 14.7 Å². The smallest absolute Gasteiger partial charge is 0.137 e. The van der Waals surface area contributed by atoms with Crippen molar-refractivity contribution in [1.82, 2.24) is 0 Å². The summed E-state index contributed by atoms with van der Waals surface area (Å²) in [5, 5.41) is 10.3. The van der Waals surface area contributed by atoms with Crippen molar-refractivity contribution in [1.29, 1.82) is 0 Å². The van der Waals surface area contributed by atoms with Crippen molar-refractivity contribution in [3.05, 3.63) is 29.3 Å². The molecule has 1 aliphatic heterocycles. The van der Waals surface area contributed by atoms with E-state index >= 15 is 0 Å². The minimum absolute atomic E-state index is 0.382. The first-order chi connectivity index (χ1) is 9.97. The van der Waals surface area contributed by atoms with E-state index in [9.17, 15) is 5.11 Å². The van der Waals surface area contributed by atoms with E-state index in [0.717, 1.165) is 17.9 Å². The van der Waals surface area contributed by atoms with E-state index in [4.69, 9.17) is 4.74 Å². The molecule has 0 amide bonds. The van der Waals surface area contributed by atoms with Gasteiger partial charge in [-0.2, -0.15) is 0 Å². The topological polar surface area (TPSA) is 33.9 Å². The molecule has 118 valence electrons. The second-order valence-electron chi connectivity index (χ2n) is 6.75. The Balaban J connectivity index is 1.85. The lowest BCUT2D eigenvalue weighted by Gasteiger charge is -2.36. The summed E-state index contributed by atoms with van der Waals surface area (Å²) in [7, 11) is 0. The largest absolute Gasteiger partial charge is 0.490 e. The van der Waals surface area contributed by atoms with E-state index in [1.807, 2.05) is 6.07 Å². The van der Waals surface area contributed by atoms with Crippen molar-refractivity contribution in [2.75, 3.05) is 13.2 Å². The molecular weight excluding hydrogens is 262 g/mol. The van der Waals surface area contributed by atoms with Gasteiger partial charge in [-0.15, -0.1) is 0 Å². The number of ether oxygens (including phenoxy) is 1. The molecule has 0 saturated carbocycles. The van der Waals surface area contributed by atoms with Crippen molar-refractivity contribution < 1.29 is 14.7 Å². The standard InChI is InChI=1S/C18H29NO2/c1-13-8-9-18(14(2)10-13)21-12-17(20)11-19-15(3)6-5-7-16(19)4/h8-10,15-17,20H,5-7,11-12H2,1-4H3/p+1/t15-,16-,17-/m0/s1. The van der Waals surface area contributed by atoms with Crippen molar-refractivity contribution in [3.8, 4) is 5.75 Å². The Labute approximate surface area is 128 Å². The third kappa shape index (κ3) is 4.45. The summed E-state index contributed by atoms with van der Waals surface area (Å²) >= 11 is 0. The minimum Gasteiger partial charge on any atom is -0.490 e. The molecule has 2 N–H and O–H groups in total. The maximum absolute atomic E-state index is 10.3. The lowest BCUT2D eigenvalue weighted by Crippen LogP contribution is -3.20. The number of hydrogen-bond donors (Lipinski definition) is 2. The Morgan fingerprint density at radius 3 is 2.52 bits per heavy atom. The number of piperidine rings is 1. The van der Waals surface area contributed by atoms with Gasteiger partial charge in [-0.3, -0.25) is 0 Å². The number of likely N-dealkylation sites (tertiary alicyclic amines) is 1. The van der Waals surface area contributed by atoms with Crippen LogP contribution in [0.5, 0.6) is 5.75 Å². The average molecular weight is 292 g/mol. The highest BCUT2D eigenvalue weighted by molar-refractivity contribution is 5.35. The molecular formula is C18H30NO2+. The molecule has 3 nitrogen and oxygen atoms in total. The first-order valence-electron chi connectivity index (χ1n) is 8.21. The maximum atomic E-state index is 10.3. The summed E-state index contributed by atoms with van der Waals surface area (Å²) in [6.07, 6.45) is 3.46. The summed E-state index contributed by atoms with van der Waals surface area (Å²) in [5.74, 6) is 0.884. The number of hydrogen-bond acceptors (Lipinski definition) is 2. The van der Waals surface area contributed by atoms with Crippen LogP contribution in [-0.2, 0) is 0 Å².